The minimum Gasteiger partial charge on any atom is -0.324 e. The van der Waals surface area contributed by atoms with E-state index in [0.717, 1.165) is 11.4 Å². The predicted octanol–water partition coefficient (Wildman–Crippen LogP) is 4.62. The van der Waals surface area contributed by atoms with E-state index < -0.39 is 0 Å². The van der Waals surface area contributed by atoms with Gasteiger partial charge in [-0.3, -0.25) is 4.79 Å². The van der Waals surface area contributed by atoms with Gasteiger partial charge in [0.2, 0.25) is 5.95 Å². The summed E-state index contributed by atoms with van der Waals surface area (Å²) in [6.07, 6.45) is 1.60. The van der Waals surface area contributed by atoms with E-state index in [1.807, 2.05) is 48.5 Å². The van der Waals surface area contributed by atoms with Crippen molar-refractivity contribution < 1.29 is 4.79 Å². The Morgan fingerprint density at radius 1 is 1.00 bits per heavy atom. The number of para-hydroxylation sites is 2. The summed E-state index contributed by atoms with van der Waals surface area (Å²) in [5.74, 6) is 0.594. The zero-order valence-electron chi connectivity index (χ0n) is 15.2. The summed E-state index contributed by atoms with van der Waals surface area (Å²) >= 11 is 0. The van der Waals surface area contributed by atoms with Crippen molar-refractivity contribution in [3.05, 3.63) is 78.1 Å². The second-order valence-corrected chi connectivity index (χ2v) is 6.33. The van der Waals surface area contributed by atoms with Gasteiger partial charge in [-0.2, -0.15) is 0 Å². The number of nitrogens with one attached hydrogen (secondary N) is 1. The number of carbonyl (C=O) groups excluding carboxylic acids is 1. The summed E-state index contributed by atoms with van der Waals surface area (Å²) < 4.78 is 0. The van der Waals surface area contributed by atoms with Crippen molar-refractivity contribution in [2.24, 2.45) is 0 Å². The summed E-state index contributed by atoms with van der Waals surface area (Å²) in [5, 5.41) is 3.23. The Labute approximate surface area is 153 Å². The zero-order chi connectivity index (χ0) is 18.5. The van der Waals surface area contributed by atoms with Crippen molar-refractivity contribution in [2.75, 3.05) is 17.3 Å². The predicted molar refractivity (Wildman–Crippen MR) is 105 cm³/mol. The van der Waals surface area contributed by atoms with Gasteiger partial charge in [-0.15, -0.1) is 0 Å². The molecule has 5 nitrogen and oxygen atoms in total. The van der Waals surface area contributed by atoms with Crippen molar-refractivity contribution >= 4 is 23.2 Å². The number of nitrogens with zero attached hydrogens (tertiary/aromatic N) is 3. The van der Waals surface area contributed by atoms with Crippen LogP contribution in [0.3, 0.4) is 0 Å². The first-order chi connectivity index (χ1) is 12.6. The number of anilines is 3. The molecule has 5 heteroatoms. The highest BCUT2D eigenvalue weighted by molar-refractivity contribution is 6.04. The molecule has 0 aliphatic heterocycles. The molecule has 0 aliphatic rings. The third-order valence-corrected chi connectivity index (χ3v) is 4.15. The summed E-state index contributed by atoms with van der Waals surface area (Å²) in [4.78, 5) is 23.0. The third-order valence-electron chi connectivity index (χ3n) is 4.15. The molecule has 0 atom stereocenters. The minimum absolute atomic E-state index is 0.182. The normalized spacial score (nSPS) is 10.6. The van der Waals surface area contributed by atoms with Gasteiger partial charge < -0.3 is 10.2 Å². The van der Waals surface area contributed by atoms with Gasteiger partial charge in [0.1, 0.15) is 5.69 Å². The van der Waals surface area contributed by atoms with E-state index in [4.69, 9.17) is 0 Å². The lowest BCUT2D eigenvalue weighted by Crippen LogP contribution is -2.27. The topological polar surface area (TPSA) is 58.1 Å². The zero-order valence-corrected chi connectivity index (χ0v) is 15.2. The second-order valence-electron chi connectivity index (χ2n) is 6.33. The van der Waals surface area contributed by atoms with Crippen LogP contribution in [0.5, 0.6) is 0 Å². The number of hydrogen-bond donors (Lipinski definition) is 1. The van der Waals surface area contributed by atoms with Crippen LogP contribution in [0, 0.1) is 0 Å². The van der Waals surface area contributed by atoms with Crippen LogP contribution < -0.4 is 10.2 Å². The highest BCUT2D eigenvalue weighted by atomic mass is 16.2. The number of aromatic nitrogens is 2. The van der Waals surface area contributed by atoms with Crippen molar-refractivity contribution in [1.82, 2.24) is 9.97 Å². The van der Waals surface area contributed by atoms with Gasteiger partial charge in [-0.1, -0.05) is 50.2 Å². The van der Waals surface area contributed by atoms with Crippen LogP contribution in [0.25, 0.3) is 0 Å². The fourth-order valence-corrected chi connectivity index (χ4v) is 2.71. The van der Waals surface area contributed by atoms with E-state index >= 15 is 0 Å². The average molecular weight is 346 g/mol. The van der Waals surface area contributed by atoms with Gasteiger partial charge in [0.25, 0.3) is 5.91 Å². The monoisotopic (exact) mass is 346 g/mol. The molecule has 0 radical (unpaired) electrons. The summed E-state index contributed by atoms with van der Waals surface area (Å²) in [6, 6.07) is 19.1. The molecule has 0 unspecified atom stereocenters. The number of carbonyl (C=O) groups is 1. The maximum atomic E-state index is 12.7. The van der Waals surface area contributed by atoms with Gasteiger partial charge in [0.05, 0.1) is 0 Å². The Bertz CT molecular complexity index is 893. The second kappa shape index (κ2) is 7.78. The molecule has 2 aromatic carbocycles. The fraction of sp³-hybridized carbons (Fsp3) is 0.190. The van der Waals surface area contributed by atoms with Crippen LogP contribution in [0.1, 0.15) is 35.8 Å². The highest BCUT2D eigenvalue weighted by Crippen LogP contribution is 2.25. The lowest BCUT2D eigenvalue weighted by molar-refractivity contribution is 0.0988. The third kappa shape index (κ3) is 3.88. The Hall–Kier alpha value is -3.21. The number of rotatable bonds is 5. The van der Waals surface area contributed by atoms with Crippen LogP contribution in [-0.4, -0.2) is 22.9 Å². The smallest absolute Gasteiger partial charge is 0.276 e. The van der Waals surface area contributed by atoms with Crippen molar-refractivity contribution in [3.63, 3.8) is 0 Å². The van der Waals surface area contributed by atoms with Crippen LogP contribution in [0.2, 0.25) is 0 Å². The van der Waals surface area contributed by atoms with E-state index in [0.29, 0.717) is 17.6 Å². The highest BCUT2D eigenvalue weighted by Gasteiger charge is 2.16. The molecule has 3 rings (SSSR count). The fourth-order valence-electron chi connectivity index (χ4n) is 2.71. The van der Waals surface area contributed by atoms with E-state index in [1.54, 1.807) is 24.2 Å². The Kier molecular flexibility index (Phi) is 5.27. The first-order valence-corrected chi connectivity index (χ1v) is 8.58. The molecule has 1 amide bonds. The standard InChI is InChI=1S/C21H22N4O/c1-15(2)17-11-7-8-12-18(17)23-21-22-14-13-19(24-21)20(26)25(3)16-9-5-4-6-10-16/h4-15H,1-3H3,(H,22,23,24). The molecule has 1 aromatic heterocycles. The van der Waals surface area contributed by atoms with Crippen molar-refractivity contribution in [2.45, 2.75) is 19.8 Å². The quantitative estimate of drug-likeness (QED) is 0.732. The van der Waals surface area contributed by atoms with Crippen LogP contribution in [0.15, 0.2) is 66.9 Å². The van der Waals surface area contributed by atoms with E-state index in [2.05, 4.69) is 35.2 Å². The first kappa shape index (κ1) is 17.6. The SMILES string of the molecule is CC(C)c1ccccc1Nc1nccc(C(=O)N(C)c2ccccc2)n1. The number of amides is 1. The van der Waals surface area contributed by atoms with E-state index in [9.17, 15) is 4.79 Å². The van der Waals surface area contributed by atoms with Gasteiger partial charge >= 0.3 is 0 Å². The number of hydrogen-bond acceptors (Lipinski definition) is 4. The van der Waals surface area contributed by atoms with Crippen LogP contribution in [-0.2, 0) is 0 Å². The molecule has 0 saturated heterocycles. The molecule has 132 valence electrons. The molecule has 0 bridgehead atoms. The summed E-state index contributed by atoms with van der Waals surface area (Å²) in [5.41, 5.74) is 3.28. The van der Waals surface area contributed by atoms with Crippen LogP contribution >= 0.6 is 0 Å². The molecule has 3 aromatic rings. The first-order valence-electron chi connectivity index (χ1n) is 8.58. The average Bonchev–Trinajstić information content (AvgIpc) is 2.68. The van der Waals surface area contributed by atoms with Crippen molar-refractivity contribution in [1.29, 1.82) is 0 Å². The molecule has 0 spiro atoms. The molecular weight excluding hydrogens is 324 g/mol. The molecule has 0 aliphatic carbocycles. The van der Waals surface area contributed by atoms with Gasteiger partial charge in [-0.25, -0.2) is 9.97 Å². The largest absolute Gasteiger partial charge is 0.324 e. The van der Waals surface area contributed by atoms with E-state index in [-0.39, 0.29) is 5.91 Å². The van der Waals surface area contributed by atoms with Crippen LogP contribution in [0.4, 0.5) is 17.3 Å². The molecule has 1 N–H and O–H groups in total. The molecule has 0 fully saturated rings. The molecule has 0 saturated carbocycles. The van der Waals surface area contributed by atoms with Gasteiger partial charge in [0, 0.05) is 24.6 Å². The molecule has 1 heterocycles. The Balaban J connectivity index is 1.84. The van der Waals surface area contributed by atoms with Gasteiger partial charge in [-0.05, 0) is 35.7 Å². The Morgan fingerprint density at radius 3 is 2.42 bits per heavy atom. The summed E-state index contributed by atoms with van der Waals surface area (Å²) in [7, 11) is 1.74. The van der Waals surface area contributed by atoms with Gasteiger partial charge in [0.15, 0.2) is 0 Å². The molecular formula is C21H22N4O. The minimum atomic E-state index is -0.182. The molecule has 26 heavy (non-hydrogen) atoms. The summed E-state index contributed by atoms with van der Waals surface area (Å²) in [6.45, 7) is 4.27. The Morgan fingerprint density at radius 2 is 1.69 bits per heavy atom. The maximum absolute atomic E-state index is 12.7. The maximum Gasteiger partial charge on any atom is 0.276 e. The van der Waals surface area contributed by atoms with Crippen molar-refractivity contribution in [3.8, 4) is 0 Å². The lowest BCUT2D eigenvalue weighted by atomic mass is 10.0. The lowest BCUT2D eigenvalue weighted by Gasteiger charge is -2.17. The number of benzene rings is 2. The van der Waals surface area contributed by atoms with E-state index in [1.165, 1.54) is 5.56 Å².